The van der Waals surface area contributed by atoms with Gasteiger partial charge < -0.3 is 0 Å². The minimum Gasteiger partial charge on any atom is -0.0616 e. The molecule has 0 spiro atoms. The fraction of sp³-hybridized carbons (Fsp3) is 0. The van der Waals surface area contributed by atoms with Gasteiger partial charge in [0.05, 0.1) is 0 Å². The van der Waals surface area contributed by atoms with Crippen molar-refractivity contribution in [1.29, 1.82) is 0 Å². The van der Waals surface area contributed by atoms with E-state index in [1.165, 1.54) is 21.5 Å². The van der Waals surface area contributed by atoms with Gasteiger partial charge in [-0.05, 0) is 56.6 Å². The van der Waals surface area contributed by atoms with Crippen molar-refractivity contribution in [2.75, 3.05) is 0 Å². The predicted molar refractivity (Wildman–Crippen MR) is 76.6 cm³/mol. The Morgan fingerprint density at radius 1 is 0.556 bits per heavy atom. The molecule has 0 aromatic heterocycles. The Kier molecular flexibility index (Phi) is 1.92. The minimum absolute atomic E-state index is 1.13. The van der Waals surface area contributed by atoms with Gasteiger partial charge in [0.1, 0.15) is 0 Å². The Morgan fingerprint density at radius 2 is 1.22 bits per heavy atom. The molecule has 0 bridgehead atoms. The van der Waals surface area contributed by atoms with Gasteiger partial charge in [0.15, 0.2) is 0 Å². The topological polar surface area (TPSA) is 0 Å². The molecule has 2 radical (unpaired) electrons. The molecule has 0 unspecified atom stereocenters. The summed E-state index contributed by atoms with van der Waals surface area (Å²) in [6, 6.07) is 27.7. The molecule has 4 rings (SSSR count). The molecule has 0 atom stereocenters. The number of fused-ring (bicyclic) bond motifs is 4. The molecule has 0 nitrogen and oxygen atoms in total. The normalized spacial score (nSPS) is 11.3. The molecule has 0 heterocycles. The van der Waals surface area contributed by atoms with E-state index >= 15 is 0 Å². The van der Waals surface area contributed by atoms with E-state index in [1.54, 1.807) is 0 Å². The summed E-state index contributed by atoms with van der Waals surface area (Å²) in [7, 11) is 0. The molecule has 0 saturated heterocycles. The largest absolute Gasteiger partial charge is 0.0616 e. The number of hydrogen-bond donors (Lipinski definition) is 0. The standard InChI is InChI=1S/C18H10/c1-2-7-15-12-18-16(11-14(15)6-1)10-9-13-5-3-4-8-17(13)18/h1-8,11-12H. The molecule has 0 heteroatoms. The Morgan fingerprint density at radius 3 is 2.11 bits per heavy atom. The van der Waals surface area contributed by atoms with Crippen LogP contribution in [0.5, 0.6) is 0 Å². The maximum absolute atomic E-state index is 3.26. The molecule has 4 aromatic carbocycles. The zero-order valence-electron chi connectivity index (χ0n) is 9.77. The minimum atomic E-state index is 1.13. The average molecular weight is 226 g/mol. The van der Waals surface area contributed by atoms with E-state index in [-0.39, 0.29) is 0 Å². The first-order valence-electron chi connectivity index (χ1n) is 6.06. The molecular weight excluding hydrogens is 216 g/mol. The van der Waals surface area contributed by atoms with Gasteiger partial charge in [0.25, 0.3) is 0 Å². The van der Waals surface area contributed by atoms with Gasteiger partial charge in [0.2, 0.25) is 0 Å². The van der Waals surface area contributed by atoms with Gasteiger partial charge in [-0.3, -0.25) is 0 Å². The first-order valence-corrected chi connectivity index (χ1v) is 6.06. The van der Waals surface area contributed by atoms with Gasteiger partial charge >= 0.3 is 0 Å². The van der Waals surface area contributed by atoms with Crippen molar-refractivity contribution in [3.05, 3.63) is 72.8 Å². The van der Waals surface area contributed by atoms with Gasteiger partial charge in [-0.15, -0.1) is 0 Å². The van der Waals surface area contributed by atoms with Gasteiger partial charge in [-0.2, -0.15) is 0 Å². The summed E-state index contributed by atoms with van der Waals surface area (Å²) < 4.78 is 0. The van der Waals surface area contributed by atoms with Crippen molar-refractivity contribution in [2.24, 2.45) is 0 Å². The molecule has 0 aliphatic heterocycles. The van der Waals surface area contributed by atoms with Gasteiger partial charge in [0, 0.05) is 0 Å². The maximum Gasteiger partial charge on any atom is -0.000696 e. The Labute approximate surface area is 105 Å². The molecule has 0 amide bonds. The van der Waals surface area contributed by atoms with Gasteiger partial charge in [-0.1, -0.05) is 48.5 Å². The molecule has 4 aromatic rings. The van der Waals surface area contributed by atoms with E-state index < -0.39 is 0 Å². The first-order chi connectivity index (χ1) is 8.92. The molecule has 18 heavy (non-hydrogen) atoms. The third kappa shape index (κ3) is 1.32. The summed E-state index contributed by atoms with van der Waals surface area (Å²) in [4.78, 5) is 0. The highest BCUT2D eigenvalue weighted by atomic mass is 14.1. The predicted octanol–water partition coefficient (Wildman–Crippen LogP) is 4.75. The fourth-order valence-electron chi connectivity index (χ4n) is 2.53. The molecule has 82 valence electrons. The number of rotatable bonds is 0. The Hall–Kier alpha value is -2.34. The van der Waals surface area contributed by atoms with Crippen LogP contribution in [0.1, 0.15) is 0 Å². The highest BCUT2D eigenvalue weighted by molar-refractivity contribution is 6.11. The van der Waals surface area contributed by atoms with Crippen LogP contribution < -0.4 is 0 Å². The smallest absolute Gasteiger partial charge is 0.000696 e. The van der Waals surface area contributed by atoms with Crippen LogP contribution in [0, 0.1) is 12.1 Å². The molecule has 0 fully saturated rings. The van der Waals surface area contributed by atoms with Crippen molar-refractivity contribution in [3.63, 3.8) is 0 Å². The van der Waals surface area contributed by atoms with Crippen LogP contribution in [-0.2, 0) is 0 Å². The zero-order chi connectivity index (χ0) is 11.9. The molecule has 0 aliphatic carbocycles. The first kappa shape index (κ1) is 9.67. The lowest BCUT2D eigenvalue weighted by molar-refractivity contribution is 1.76. The summed E-state index contributed by atoms with van der Waals surface area (Å²) in [5.74, 6) is 0. The van der Waals surface area contributed by atoms with E-state index in [0.29, 0.717) is 0 Å². The van der Waals surface area contributed by atoms with E-state index in [4.69, 9.17) is 0 Å². The van der Waals surface area contributed by atoms with Crippen LogP contribution in [-0.4, -0.2) is 0 Å². The summed E-state index contributed by atoms with van der Waals surface area (Å²) in [5.41, 5.74) is 0. The van der Waals surface area contributed by atoms with Crippen molar-refractivity contribution < 1.29 is 0 Å². The monoisotopic (exact) mass is 226 g/mol. The third-order valence-electron chi connectivity index (χ3n) is 3.43. The summed E-state index contributed by atoms with van der Waals surface area (Å²) in [6.07, 6.45) is 0. The molecule has 0 saturated carbocycles. The second-order valence-corrected chi connectivity index (χ2v) is 4.54. The van der Waals surface area contributed by atoms with Crippen LogP contribution in [0.2, 0.25) is 0 Å². The summed E-state index contributed by atoms with van der Waals surface area (Å²) in [6.45, 7) is 0. The second-order valence-electron chi connectivity index (χ2n) is 4.54. The zero-order valence-corrected chi connectivity index (χ0v) is 9.77. The van der Waals surface area contributed by atoms with Crippen molar-refractivity contribution in [1.82, 2.24) is 0 Å². The summed E-state index contributed by atoms with van der Waals surface area (Å²) in [5, 5.41) is 7.28. The maximum atomic E-state index is 3.26. The molecule has 0 aliphatic rings. The average Bonchev–Trinajstić information content (AvgIpc) is 2.45. The molecule has 0 N–H and O–H groups in total. The van der Waals surface area contributed by atoms with E-state index in [9.17, 15) is 0 Å². The van der Waals surface area contributed by atoms with Crippen molar-refractivity contribution in [3.8, 4) is 0 Å². The molecular formula is C18H10. The van der Waals surface area contributed by atoms with Crippen molar-refractivity contribution in [2.45, 2.75) is 0 Å². The third-order valence-corrected chi connectivity index (χ3v) is 3.43. The van der Waals surface area contributed by atoms with Crippen LogP contribution in [0.25, 0.3) is 32.3 Å². The Balaban J connectivity index is 2.27. The van der Waals surface area contributed by atoms with Crippen molar-refractivity contribution >= 4 is 32.3 Å². The lowest BCUT2D eigenvalue weighted by Crippen LogP contribution is -1.79. The number of benzene rings is 4. The van der Waals surface area contributed by atoms with E-state index in [0.717, 1.165) is 10.8 Å². The second kappa shape index (κ2) is 3.58. The van der Waals surface area contributed by atoms with Crippen LogP contribution in [0.3, 0.4) is 0 Å². The SMILES string of the molecule is [c]1[c]c2cc3ccccc3cc2c2ccccc12. The fourth-order valence-corrected chi connectivity index (χ4v) is 2.53. The Bertz CT molecular complexity index is 866. The van der Waals surface area contributed by atoms with E-state index in [2.05, 4.69) is 66.7 Å². The van der Waals surface area contributed by atoms with E-state index in [1.807, 2.05) is 6.07 Å². The lowest BCUT2D eigenvalue weighted by atomic mass is 9.98. The van der Waals surface area contributed by atoms with Crippen LogP contribution in [0.4, 0.5) is 0 Å². The van der Waals surface area contributed by atoms with Crippen LogP contribution >= 0.6 is 0 Å². The quantitative estimate of drug-likeness (QED) is 0.300. The van der Waals surface area contributed by atoms with Crippen LogP contribution in [0.15, 0.2) is 60.7 Å². The number of hydrogen-bond acceptors (Lipinski definition) is 0. The highest BCUT2D eigenvalue weighted by Gasteiger charge is 2.02. The summed E-state index contributed by atoms with van der Waals surface area (Å²) >= 11 is 0. The highest BCUT2D eigenvalue weighted by Crippen LogP contribution is 2.28. The lowest BCUT2D eigenvalue weighted by Gasteiger charge is -2.05. The van der Waals surface area contributed by atoms with Gasteiger partial charge in [-0.25, -0.2) is 0 Å².